The van der Waals surface area contributed by atoms with E-state index in [2.05, 4.69) is 5.32 Å². The zero-order chi connectivity index (χ0) is 19.2. The summed E-state index contributed by atoms with van der Waals surface area (Å²) < 4.78 is 30.0. The predicted molar refractivity (Wildman–Crippen MR) is 93.0 cm³/mol. The molecule has 0 bridgehead atoms. The smallest absolute Gasteiger partial charge is 0.407 e. The van der Waals surface area contributed by atoms with Gasteiger partial charge >= 0.3 is 6.09 Å². The van der Waals surface area contributed by atoms with Gasteiger partial charge in [0.25, 0.3) is 0 Å². The van der Waals surface area contributed by atoms with Crippen molar-refractivity contribution in [3.63, 3.8) is 0 Å². The van der Waals surface area contributed by atoms with Crippen molar-refractivity contribution in [1.82, 2.24) is 5.32 Å². The van der Waals surface area contributed by atoms with Crippen LogP contribution in [0.1, 0.15) is 17.2 Å². The Morgan fingerprint density at radius 3 is 2.52 bits per heavy atom. The summed E-state index contributed by atoms with van der Waals surface area (Å²) in [5.74, 6) is -0.199. The fourth-order valence-electron chi connectivity index (χ4n) is 2.66. The lowest BCUT2D eigenvalue weighted by Gasteiger charge is -2.25. The molecule has 3 rings (SSSR count). The van der Waals surface area contributed by atoms with Crippen molar-refractivity contribution in [3.8, 4) is 11.5 Å². The van der Waals surface area contributed by atoms with Gasteiger partial charge in [-0.3, -0.25) is 0 Å². The van der Waals surface area contributed by atoms with Gasteiger partial charge in [-0.15, -0.1) is 0 Å². The van der Waals surface area contributed by atoms with Gasteiger partial charge in [-0.25, -0.2) is 9.18 Å². The fraction of sp³-hybridized carbons (Fsp3) is 0.316. The summed E-state index contributed by atoms with van der Waals surface area (Å²) in [5.41, 5.74) is 0.660. The molecule has 27 heavy (non-hydrogen) atoms. The van der Waals surface area contributed by atoms with Gasteiger partial charge in [0.05, 0.1) is 12.6 Å². The van der Waals surface area contributed by atoms with Crippen LogP contribution in [-0.4, -0.2) is 42.2 Å². The summed E-state index contributed by atoms with van der Waals surface area (Å²) in [6.07, 6.45) is -2.34. The largest absolute Gasteiger partial charge is 0.486 e. The van der Waals surface area contributed by atoms with E-state index in [1.165, 1.54) is 6.07 Å². The standard InChI is InChI=1S/C19H20FNO6/c20-14-9-17-16(25-6-7-26-17)8-13(14)18(23)15(10-22)21-19(24)27-11-12-4-2-1-3-5-12/h1-5,8-9,15,18,22-23H,6-7,10-11H2,(H,21,24)/t15-,18?/m1/s1. The number of hydrogen-bond acceptors (Lipinski definition) is 6. The molecular weight excluding hydrogens is 357 g/mol. The van der Waals surface area contributed by atoms with Gasteiger partial charge in [-0.1, -0.05) is 30.3 Å². The molecule has 8 heteroatoms. The van der Waals surface area contributed by atoms with Crippen LogP contribution in [0, 0.1) is 5.82 Å². The van der Waals surface area contributed by atoms with E-state index in [9.17, 15) is 19.4 Å². The van der Waals surface area contributed by atoms with Crippen molar-refractivity contribution in [3.05, 3.63) is 59.4 Å². The molecule has 2 aromatic carbocycles. The number of carbonyl (C=O) groups excluding carboxylic acids is 1. The monoisotopic (exact) mass is 377 g/mol. The Hall–Kier alpha value is -2.84. The van der Waals surface area contributed by atoms with Crippen LogP contribution < -0.4 is 14.8 Å². The second kappa shape index (κ2) is 8.70. The summed E-state index contributed by atoms with van der Waals surface area (Å²) >= 11 is 0. The summed E-state index contributed by atoms with van der Waals surface area (Å²) in [6.45, 7) is 0.0266. The molecule has 7 nitrogen and oxygen atoms in total. The Labute approximate surface area is 155 Å². The van der Waals surface area contributed by atoms with Crippen LogP contribution in [0.5, 0.6) is 11.5 Å². The van der Waals surface area contributed by atoms with Gasteiger partial charge in [0.15, 0.2) is 11.5 Å². The van der Waals surface area contributed by atoms with Gasteiger partial charge in [-0.2, -0.15) is 0 Å². The van der Waals surface area contributed by atoms with Gasteiger partial charge in [0.2, 0.25) is 0 Å². The highest BCUT2D eigenvalue weighted by molar-refractivity contribution is 5.67. The first-order valence-corrected chi connectivity index (χ1v) is 8.43. The van der Waals surface area contributed by atoms with Crippen LogP contribution in [0.3, 0.4) is 0 Å². The van der Waals surface area contributed by atoms with Crippen molar-refractivity contribution in [2.75, 3.05) is 19.8 Å². The number of rotatable bonds is 6. The molecule has 1 amide bonds. The van der Waals surface area contributed by atoms with Crippen LogP contribution in [0.25, 0.3) is 0 Å². The maximum Gasteiger partial charge on any atom is 0.407 e. The van der Waals surface area contributed by atoms with Gasteiger partial charge in [-0.05, 0) is 11.6 Å². The van der Waals surface area contributed by atoms with Crippen LogP contribution in [0.15, 0.2) is 42.5 Å². The Morgan fingerprint density at radius 2 is 1.85 bits per heavy atom. The molecule has 0 aliphatic carbocycles. The zero-order valence-corrected chi connectivity index (χ0v) is 14.4. The highest BCUT2D eigenvalue weighted by Crippen LogP contribution is 2.35. The van der Waals surface area contributed by atoms with Crippen molar-refractivity contribution in [2.45, 2.75) is 18.8 Å². The molecule has 1 aliphatic heterocycles. The summed E-state index contributed by atoms with van der Waals surface area (Å²) in [6, 6.07) is 10.3. The normalized spacial score (nSPS) is 14.9. The van der Waals surface area contributed by atoms with E-state index in [-0.39, 0.29) is 17.9 Å². The van der Waals surface area contributed by atoms with Gasteiger partial charge in [0.1, 0.15) is 31.7 Å². The van der Waals surface area contributed by atoms with Crippen LogP contribution in [0.4, 0.5) is 9.18 Å². The first-order valence-electron chi connectivity index (χ1n) is 8.43. The van der Waals surface area contributed by atoms with Crippen molar-refractivity contribution >= 4 is 6.09 Å². The Bertz CT molecular complexity index is 785. The topological polar surface area (TPSA) is 97.3 Å². The number of amides is 1. The molecule has 0 fully saturated rings. The van der Waals surface area contributed by atoms with E-state index in [4.69, 9.17) is 14.2 Å². The summed E-state index contributed by atoms with van der Waals surface area (Å²) in [7, 11) is 0. The first-order chi connectivity index (χ1) is 13.1. The third-order valence-corrected chi connectivity index (χ3v) is 4.07. The minimum atomic E-state index is -1.50. The second-order valence-corrected chi connectivity index (χ2v) is 5.96. The summed E-state index contributed by atoms with van der Waals surface area (Å²) in [4.78, 5) is 11.9. The Kier molecular flexibility index (Phi) is 6.10. The maximum absolute atomic E-state index is 14.3. The second-order valence-electron chi connectivity index (χ2n) is 5.96. The average Bonchev–Trinajstić information content (AvgIpc) is 2.70. The number of benzene rings is 2. The van der Waals surface area contributed by atoms with E-state index in [1.54, 1.807) is 12.1 Å². The molecular formula is C19H20FNO6. The minimum Gasteiger partial charge on any atom is -0.486 e. The molecule has 1 heterocycles. The number of halogens is 1. The number of fused-ring (bicyclic) bond motifs is 1. The van der Waals surface area contributed by atoms with E-state index in [1.807, 2.05) is 18.2 Å². The van der Waals surface area contributed by atoms with E-state index >= 15 is 0 Å². The number of aliphatic hydroxyl groups is 2. The van der Waals surface area contributed by atoms with E-state index in [0.717, 1.165) is 11.6 Å². The zero-order valence-electron chi connectivity index (χ0n) is 14.4. The number of carbonyl (C=O) groups is 1. The summed E-state index contributed by atoms with van der Waals surface area (Å²) in [5, 5.41) is 22.3. The lowest BCUT2D eigenvalue weighted by atomic mass is 10.0. The predicted octanol–water partition coefficient (Wildman–Crippen LogP) is 1.92. The van der Waals surface area contributed by atoms with Crippen LogP contribution >= 0.6 is 0 Å². The van der Waals surface area contributed by atoms with Crippen LogP contribution in [0.2, 0.25) is 0 Å². The van der Waals surface area contributed by atoms with Crippen molar-refractivity contribution in [2.24, 2.45) is 0 Å². The number of ether oxygens (including phenoxy) is 3. The van der Waals surface area contributed by atoms with Crippen molar-refractivity contribution in [1.29, 1.82) is 0 Å². The molecule has 0 saturated heterocycles. The quantitative estimate of drug-likeness (QED) is 0.712. The highest BCUT2D eigenvalue weighted by Gasteiger charge is 2.27. The maximum atomic E-state index is 14.3. The molecule has 2 atom stereocenters. The molecule has 1 unspecified atom stereocenters. The number of nitrogens with one attached hydrogen (secondary N) is 1. The highest BCUT2D eigenvalue weighted by atomic mass is 19.1. The molecule has 3 N–H and O–H groups in total. The molecule has 0 saturated carbocycles. The molecule has 0 spiro atoms. The van der Waals surface area contributed by atoms with Gasteiger partial charge in [0, 0.05) is 11.6 Å². The minimum absolute atomic E-state index is 0.0271. The fourth-order valence-corrected chi connectivity index (χ4v) is 2.66. The number of aliphatic hydroxyl groups excluding tert-OH is 2. The molecule has 0 radical (unpaired) electrons. The molecule has 2 aromatic rings. The van der Waals surface area contributed by atoms with Crippen LogP contribution in [-0.2, 0) is 11.3 Å². The lowest BCUT2D eigenvalue weighted by Crippen LogP contribution is -2.42. The van der Waals surface area contributed by atoms with Crippen molar-refractivity contribution < 1.29 is 33.6 Å². The molecule has 144 valence electrons. The molecule has 0 aromatic heterocycles. The third kappa shape index (κ3) is 4.66. The lowest BCUT2D eigenvalue weighted by molar-refractivity contribution is 0.0737. The molecule has 1 aliphatic rings. The first kappa shape index (κ1) is 18.9. The van der Waals surface area contributed by atoms with E-state index < -0.39 is 30.7 Å². The number of hydrogen-bond donors (Lipinski definition) is 3. The third-order valence-electron chi connectivity index (χ3n) is 4.07. The number of alkyl carbamates (subject to hydrolysis) is 1. The Balaban J connectivity index is 1.65. The van der Waals surface area contributed by atoms with E-state index in [0.29, 0.717) is 19.0 Å². The Morgan fingerprint density at radius 1 is 1.19 bits per heavy atom. The SMILES string of the molecule is O=C(N[C@H](CO)C(O)c1cc2c(cc1F)OCCO2)OCc1ccccc1. The van der Waals surface area contributed by atoms with Gasteiger partial charge < -0.3 is 29.7 Å². The average molecular weight is 377 g/mol.